The molecule has 7 nitrogen and oxygen atoms in total. The van der Waals surface area contributed by atoms with Crippen molar-refractivity contribution in [1.82, 2.24) is 0 Å². The van der Waals surface area contributed by atoms with E-state index in [1.807, 2.05) is 38.1 Å². The average molecular weight is 430 g/mol. The molecule has 0 spiro atoms. The molecule has 2 atom stereocenters. The van der Waals surface area contributed by atoms with E-state index in [0.717, 1.165) is 24.5 Å². The lowest BCUT2D eigenvalue weighted by Gasteiger charge is -2.32. The maximum Gasteiger partial charge on any atom is 0.279 e. The Morgan fingerprint density at radius 2 is 1.68 bits per heavy atom. The fourth-order valence-electron chi connectivity index (χ4n) is 4.07. The van der Waals surface area contributed by atoms with Crippen molar-refractivity contribution in [2.75, 3.05) is 45.8 Å². The van der Waals surface area contributed by atoms with Gasteiger partial charge in [0.2, 0.25) is 0 Å². The van der Waals surface area contributed by atoms with Crippen LogP contribution in [0.3, 0.4) is 0 Å². The van der Waals surface area contributed by atoms with Crippen LogP contribution in [0.1, 0.15) is 37.9 Å². The first kappa shape index (κ1) is 22.7. The van der Waals surface area contributed by atoms with Crippen LogP contribution in [0.5, 0.6) is 23.0 Å². The van der Waals surface area contributed by atoms with Crippen molar-refractivity contribution in [3.63, 3.8) is 0 Å². The van der Waals surface area contributed by atoms with Crippen LogP contribution in [0.2, 0.25) is 0 Å². The summed E-state index contributed by atoms with van der Waals surface area (Å²) in [5.74, 6) is 2.75. The van der Waals surface area contributed by atoms with Gasteiger partial charge in [0.15, 0.2) is 29.5 Å². The molecule has 31 heavy (non-hydrogen) atoms. The number of hydrogen-bond donors (Lipinski definition) is 2. The van der Waals surface area contributed by atoms with Gasteiger partial charge in [-0.1, -0.05) is 0 Å². The number of methoxy groups -OCH3 is 2. The van der Waals surface area contributed by atoms with Gasteiger partial charge in [-0.05, 0) is 50.6 Å². The molecule has 7 heteroatoms. The second kappa shape index (κ2) is 10.4. The summed E-state index contributed by atoms with van der Waals surface area (Å²) in [6, 6.07) is 9.75. The van der Waals surface area contributed by atoms with Crippen molar-refractivity contribution in [3.8, 4) is 23.0 Å². The predicted molar refractivity (Wildman–Crippen MR) is 120 cm³/mol. The van der Waals surface area contributed by atoms with Gasteiger partial charge in [0.25, 0.3) is 5.91 Å². The molecule has 0 bridgehead atoms. The number of quaternary nitrogens is 1. The zero-order chi connectivity index (χ0) is 22.4. The molecule has 0 saturated heterocycles. The summed E-state index contributed by atoms with van der Waals surface area (Å²) in [5.41, 5.74) is 3.15. The number of ether oxygens (including phenoxy) is 4. The number of nitrogens with one attached hydrogen (secondary N) is 2. The molecule has 0 saturated carbocycles. The summed E-state index contributed by atoms with van der Waals surface area (Å²) in [4.78, 5) is 14.0. The highest BCUT2D eigenvalue weighted by atomic mass is 16.5. The monoisotopic (exact) mass is 429 g/mol. The summed E-state index contributed by atoms with van der Waals surface area (Å²) in [6.45, 7) is 8.34. The van der Waals surface area contributed by atoms with Crippen LogP contribution in [0.15, 0.2) is 30.3 Å². The van der Waals surface area contributed by atoms with Crippen LogP contribution >= 0.6 is 0 Å². The third kappa shape index (κ3) is 5.22. The molecule has 0 aromatic heterocycles. The Morgan fingerprint density at radius 3 is 2.35 bits per heavy atom. The van der Waals surface area contributed by atoms with Crippen LogP contribution < -0.4 is 29.2 Å². The van der Waals surface area contributed by atoms with Gasteiger partial charge in [0, 0.05) is 23.7 Å². The smallest absolute Gasteiger partial charge is 0.279 e. The molecule has 0 radical (unpaired) electrons. The Kier molecular flexibility index (Phi) is 7.63. The van der Waals surface area contributed by atoms with Gasteiger partial charge in [-0.2, -0.15) is 0 Å². The Balaban J connectivity index is 1.69. The molecular weight excluding hydrogens is 396 g/mol. The maximum atomic E-state index is 12.8. The van der Waals surface area contributed by atoms with Gasteiger partial charge in [-0.25, -0.2) is 0 Å². The highest BCUT2D eigenvalue weighted by Crippen LogP contribution is 2.34. The zero-order valence-corrected chi connectivity index (χ0v) is 19.0. The number of amides is 1. The minimum atomic E-state index is -0.0302. The first-order valence-corrected chi connectivity index (χ1v) is 10.8. The van der Waals surface area contributed by atoms with E-state index in [-0.39, 0.29) is 11.9 Å². The van der Waals surface area contributed by atoms with E-state index in [1.54, 1.807) is 14.2 Å². The van der Waals surface area contributed by atoms with Gasteiger partial charge < -0.3 is 29.2 Å². The number of anilines is 1. The average Bonchev–Trinajstić information content (AvgIpc) is 2.77. The first-order chi connectivity index (χ1) is 15.0. The SMILES string of the molecule is CCOc1ccc(NC(=O)C[NH+]2CCc3cc(OC)c(OC)cc3[C@H]2C)cc1OCC. The Hall–Kier alpha value is -2.93. The molecule has 168 valence electrons. The van der Waals surface area contributed by atoms with Crippen LogP contribution in [-0.4, -0.2) is 46.4 Å². The lowest BCUT2D eigenvalue weighted by molar-refractivity contribution is -0.924. The highest BCUT2D eigenvalue weighted by Gasteiger charge is 2.30. The van der Waals surface area contributed by atoms with E-state index in [2.05, 4.69) is 18.3 Å². The van der Waals surface area contributed by atoms with Crippen molar-refractivity contribution < 1.29 is 28.6 Å². The van der Waals surface area contributed by atoms with Gasteiger partial charge in [-0.15, -0.1) is 0 Å². The number of hydrogen-bond acceptors (Lipinski definition) is 5. The zero-order valence-electron chi connectivity index (χ0n) is 19.0. The summed E-state index contributed by atoms with van der Waals surface area (Å²) < 4.78 is 22.1. The molecular formula is C24H33N2O5+. The van der Waals surface area contributed by atoms with Crippen molar-refractivity contribution in [3.05, 3.63) is 41.5 Å². The van der Waals surface area contributed by atoms with Crippen LogP contribution in [-0.2, 0) is 11.2 Å². The van der Waals surface area contributed by atoms with E-state index in [1.165, 1.54) is 16.0 Å². The van der Waals surface area contributed by atoms with Gasteiger partial charge in [0.05, 0.1) is 34.0 Å². The standard InChI is InChI=1S/C24H32N2O5/c1-6-30-20-9-8-18(13-23(20)31-7-2)25-24(27)15-26-11-10-17-12-21(28-4)22(29-5)14-19(17)16(26)3/h8-9,12-14,16H,6-7,10-11,15H2,1-5H3,(H,25,27)/p+1/t16-/m1/s1. The third-order valence-electron chi connectivity index (χ3n) is 5.65. The van der Waals surface area contributed by atoms with Crippen LogP contribution in [0, 0.1) is 0 Å². The molecule has 0 aliphatic carbocycles. The van der Waals surface area contributed by atoms with Gasteiger partial charge >= 0.3 is 0 Å². The molecule has 1 aliphatic rings. The topological polar surface area (TPSA) is 70.5 Å². The van der Waals surface area contributed by atoms with Crippen LogP contribution in [0.25, 0.3) is 0 Å². The normalized spacial score (nSPS) is 17.5. The quantitative estimate of drug-likeness (QED) is 0.641. The molecule has 1 unspecified atom stereocenters. The summed E-state index contributed by atoms with van der Waals surface area (Å²) >= 11 is 0. The van der Waals surface area contributed by atoms with Crippen molar-refractivity contribution in [1.29, 1.82) is 0 Å². The predicted octanol–water partition coefficient (Wildman–Crippen LogP) is 2.64. The van der Waals surface area contributed by atoms with E-state index in [4.69, 9.17) is 18.9 Å². The summed E-state index contributed by atoms with van der Waals surface area (Å²) in [6.07, 6.45) is 0.889. The number of fused-ring (bicyclic) bond motifs is 1. The maximum absolute atomic E-state index is 12.8. The van der Waals surface area contributed by atoms with Crippen molar-refractivity contribution in [2.24, 2.45) is 0 Å². The lowest BCUT2D eigenvalue weighted by atomic mass is 9.93. The second-order valence-corrected chi connectivity index (χ2v) is 7.54. The Morgan fingerprint density at radius 1 is 1.00 bits per heavy atom. The fraction of sp³-hybridized carbons (Fsp3) is 0.458. The van der Waals surface area contributed by atoms with Gasteiger partial charge in [-0.3, -0.25) is 4.79 Å². The minimum absolute atomic E-state index is 0.0302. The van der Waals surface area contributed by atoms with Crippen molar-refractivity contribution >= 4 is 11.6 Å². The van der Waals surface area contributed by atoms with Gasteiger partial charge in [0.1, 0.15) is 6.04 Å². The molecule has 0 fully saturated rings. The van der Waals surface area contributed by atoms with Crippen molar-refractivity contribution in [2.45, 2.75) is 33.2 Å². The number of rotatable bonds is 9. The molecule has 1 heterocycles. The van der Waals surface area contributed by atoms with E-state index in [0.29, 0.717) is 36.9 Å². The molecule has 1 aliphatic heterocycles. The molecule has 2 aromatic rings. The van der Waals surface area contributed by atoms with E-state index >= 15 is 0 Å². The Labute approximate surface area is 184 Å². The largest absolute Gasteiger partial charge is 0.493 e. The van der Waals surface area contributed by atoms with E-state index < -0.39 is 0 Å². The number of carbonyl (C=O) groups is 1. The number of benzene rings is 2. The second-order valence-electron chi connectivity index (χ2n) is 7.54. The fourth-order valence-corrected chi connectivity index (χ4v) is 4.07. The van der Waals surface area contributed by atoms with E-state index in [9.17, 15) is 4.79 Å². The lowest BCUT2D eigenvalue weighted by Crippen LogP contribution is -3.14. The highest BCUT2D eigenvalue weighted by molar-refractivity contribution is 5.91. The number of carbonyl (C=O) groups excluding carboxylic acids is 1. The first-order valence-electron chi connectivity index (χ1n) is 10.8. The molecule has 1 amide bonds. The molecule has 2 N–H and O–H groups in total. The molecule has 2 aromatic carbocycles. The minimum Gasteiger partial charge on any atom is -0.493 e. The summed E-state index contributed by atoms with van der Waals surface area (Å²) in [7, 11) is 3.29. The Bertz CT molecular complexity index is 915. The third-order valence-corrected chi connectivity index (χ3v) is 5.65. The summed E-state index contributed by atoms with van der Waals surface area (Å²) in [5, 5.41) is 3.00. The van der Waals surface area contributed by atoms with Crippen LogP contribution in [0.4, 0.5) is 5.69 Å². The molecule has 3 rings (SSSR count).